The zero-order chi connectivity index (χ0) is 38.7. The Kier molecular flexibility index (Phi) is 14.9. The number of hydrogen-bond donors (Lipinski definition) is 0. The van der Waals surface area contributed by atoms with E-state index in [2.05, 4.69) is 60.1 Å². The fraction of sp³-hybridized carbons (Fsp3) is 0.273. The van der Waals surface area contributed by atoms with Crippen molar-refractivity contribution >= 4 is 41.7 Å². The standard InChI is InChI=1S/C44H45ClN4O6.ClH/c1-31(2)36-13-15-38(16-14-36)53-25-20-33-8-10-34(11-9-33)29-47-21-23-48(24-22-47)43(50)19-12-35-26-32(3)44(40(45)27-35)55-42-18-17-39(28-46-42)54-30-37-6-4-5-7-41(37)49(51)52;/h4-19,26-28,31H,20-25,29-30H2,1-3H3;1H. The van der Waals surface area contributed by atoms with Crippen molar-refractivity contribution in [3.8, 4) is 23.1 Å². The summed E-state index contributed by atoms with van der Waals surface area (Å²) in [6, 6.07) is 30.5. The SMILES string of the molecule is Cc1cc(C=CC(=O)N2CCN(Cc3ccc(CCOc4ccc(C(C)C)cc4)cc3)CC2)cc(Cl)c1Oc1ccc(OCc2ccccc2[N+](=O)[O-])cn1.Cl. The Morgan fingerprint density at radius 1 is 0.911 bits per heavy atom. The highest BCUT2D eigenvalue weighted by Crippen LogP contribution is 2.34. The summed E-state index contributed by atoms with van der Waals surface area (Å²) in [7, 11) is 0. The number of carbonyl (C=O) groups is 1. The van der Waals surface area contributed by atoms with Crippen molar-refractivity contribution in [1.29, 1.82) is 0 Å². The van der Waals surface area contributed by atoms with Gasteiger partial charge in [0.2, 0.25) is 11.8 Å². The van der Waals surface area contributed by atoms with Crippen LogP contribution >= 0.6 is 24.0 Å². The Bertz CT molecular complexity index is 2080. The van der Waals surface area contributed by atoms with Crippen molar-refractivity contribution in [2.75, 3.05) is 32.8 Å². The van der Waals surface area contributed by atoms with Crippen LogP contribution in [0.15, 0.2) is 109 Å². The van der Waals surface area contributed by atoms with Crippen molar-refractivity contribution in [3.05, 3.63) is 158 Å². The molecule has 0 saturated carbocycles. The summed E-state index contributed by atoms with van der Waals surface area (Å²) in [5.74, 6) is 2.57. The molecule has 4 aromatic carbocycles. The summed E-state index contributed by atoms with van der Waals surface area (Å²) >= 11 is 6.61. The van der Waals surface area contributed by atoms with Crippen LogP contribution < -0.4 is 14.2 Å². The van der Waals surface area contributed by atoms with Gasteiger partial charge in [-0.2, -0.15) is 0 Å². The first kappa shape index (κ1) is 41.7. The highest BCUT2D eigenvalue weighted by molar-refractivity contribution is 6.32. The van der Waals surface area contributed by atoms with Crippen LogP contribution in [0.25, 0.3) is 6.08 Å². The predicted octanol–water partition coefficient (Wildman–Crippen LogP) is 9.85. The maximum Gasteiger partial charge on any atom is 0.276 e. The molecule has 1 saturated heterocycles. The number of hydrogen-bond acceptors (Lipinski definition) is 8. The number of rotatable bonds is 15. The molecule has 0 spiro atoms. The van der Waals surface area contributed by atoms with Crippen LogP contribution in [0, 0.1) is 17.0 Å². The van der Waals surface area contributed by atoms with E-state index in [0.717, 1.165) is 42.9 Å². The Morgan fingerprint density at radius 2 is 1.61 bits per heavy atom. The third-order valence-corrected chi connectivity index (χ3v) is 9.77. The smallest absolute Gasteiger partial charge is 0.276 e. The van der Waals surface area contributed by atoms with Crippen molar-refractivity contribution in [2.24, 2.45) is 0 Å². The molecule has 6 rings (SSSR count). The minimum atomic E-state index is -0.435. The lowest BCUT2D eigenvalue weighted by molar-refractivity contribution is -0.385. The van der Waals surface area contributed by atoms with Crippen LogP contribution in [0.2, 0.25) is 5.02 Å². The van der Waals surface area contributed by atoms with E-state index in [9.17, 15) is 14.9 Å². The van der Waals surface area contributed by atoms with E-state index in [-0.39, 0.29) is 30.6 Å². The zero-order valence-corrected chi connectivity index (χ0v) is 33.3. The quantitative estimate of drug-likeness (QED) is 0.0586. The van der Waals surface area contributed by atoms with E-state index in [1.165, 1.54) is 29.0 Å². The van der Waals surface area contributed by atoms with Gasteiger partial charge in [0.15, 0.2) is 5.75 Å². The monoisotopic (exact) mass is 796 g/mol. The van der Waals surface area contributed by atoms with Crippen LogP contribution in [0.5, 0.6) is 23.1 Å². The maximum atomic E-state index is 13.1. The lowest BCUT2D eigenvalue weighted by Crippen LogP contribution is -2.47. The van der Waals surface area contributed by atoms with Gasteiger partial charge < -0.3 is 19.1 Å². The molecule has 0 N–H and O–H groups in total. The summed E-state index contributed by atoms with van der Waals surface area (Å²) in [4.78, 5) is 32.5. The second-order valence-electron chi connectivity index (χ2n) is 13.8. The number of pyridine rings is 1. The first-order valence-corrected chi connectivity index (χ1v) is 18.8. The number of nitrogens with zero attached hydrogens (tertiary/aromatic N) is 4. The topological polar surface area (TPSA) is 107 Å². The van der Waals surface area contributed by atoms with Gasteiger partial charge in [0, 0.05) is 57.4 Å². The molecule has 0 aliphatic carbocycles. The van der Waals surface area contributed by atoms with E-state index in [4.69, 9.17) is 25.8 Å². The number of amides is 1. The molecule has 1 amide bonds. The fourth-order valence-electron chi connectivity index (χ4n) is 6.28. The average molecular weight is 798 g/mol. The highest BCUT2D eigenvalue weighted by atomic mass is 35.5. The number of piperazine rings is 1. The van der Waals surface area contributed by atoms with Gasteiger partial charge in [-0.1, -0.05) is 74.0 Å². The summed E-state index contributed by atoms with van der Waals surface area (Å²) in [5, 5.41) is 11.6. The van der Waals surface area contributed by atoms with Crippen molar-refractivity contribution in [1.82, 2.24) is 14.8 Å². The molecule has 12 heteroatoms. The van der Waals surface area contributed by atoms with Crippen LogP contribution in [-0.2, 0) is 24.4 Å². The van der Waals surface area contributed by atoms with Crippen LogP contribution in [0.1, 0.15) is 53.1 Å². The minimum absolute atomic E-state index is 0. The van der Waals surface area contributed by atoms with Gasteiger partial charge in [-0.3, -0.25) is 19.8 Å². The second kappa shape index (κ2) is 20.0. The van der Waals surface area contributed by atoms with Crippen molar-refractivity contribution < 1.29 is 23.9 Å². The van der Waals surface area contributed by atoms with Crippen LogP contribution in [0.4, 0.5) is 5.69 Å². The molecule has 0 radical (unpaired) electrons. The largest absolute Gasteiger partial charge is 0.493 e. The Hall–Kier alpha value is -5.42. The van der Waals surface area contributed by atoms with Gasteiger partial charge in [-0.15, -0.1) is 12.4 Å². The van der Waals surface area contributed by atoms with Gasteiger partial charge in [-0.25, -0.2) is 4.98 Å². The Morgan fingerprint density at radius 3 is 2.27 bits per heavy atom. The maximum absolute atomic E-state index is 13.1. The molecule has 0 atom stereocenters. The third kappa shape index (κ3) is 11.6. The number of nitro benzene ring substituents is 1. The van der Waals surface area contributed by atoms with Gasteiger partial charge >= 0.3 is 0 Å². The molecule has 0 unspecified atom stereocenters. The van der Waals surface area contributed by atoms with E-state index >= 15 is 0 Å². The first-order chi connectivity index (χ1) is 26.6. The fourth-order valence-corrected chi connectivity index (χ4v) is 6.59. The summed E-state index contributed by atoms with van der Waals surface area (Å²) in [6.45, 7) is 10.7. The van der Waals surface area contributed by atoms with E-state index < -0.39 is 4.92 Å². The normalized spacial score (nSPS) is 13.1. The van der Waals surface area contributed by atoms with Crippen LogP contribution in [-0.4, -0.2) is 58.4 Å². The minimum Gasteiger partial charge on any atom is -0.493 e. The molecule has 1 aliphatic rings. The molecule has 1 aliphatic heterocycles. The number of halogens is 2. The molecule has 10 nitrogen and oxygen atoms in total. The molecule has 0 bridgehead atoms. The second-order valence-corrected chi connectivity index (χ2v) is 14.2. The first-order valence-electron chi connectivity index (χ1n) is 18.4. The Balaban J connectivity index is 0.00000600. The van der Waals surface area contributed by atoms with Gasteiger partial charge in [-0.05, 0) is 83.1 Å². The highest BCUT2D eigenvalue weighted by Gasteiger charge is 2.20. The molecule has 56 heavy (non-hydrogen) atoms. The molecule has 1 fully saturated rings. The molecule has 292 valence electrons. The van der Waals surface area contributed by atoms with E-state index in [1.807, 2.05) is 30.0 Å². The number of carbonyl (C=O) groups excluding carboxylic acids is 1. The molecule has 2 heterocycles. The van der Waals surface area contributed by atoms with Crippen molar-refractivity contribution in [3.63, 3.8) is 0 Å². The molecule has 5 aromatic rings. The third-order valence-electron chi connectivity index (χ3n) is 9.49. The van der Waals surface area contributed by atoms with E-state index in [1.54, 1.807) is 48.6 Å². The zero-order valence-electron chi connectivity index (χ0n) is 31.7. The van der Waals surface area contributed by atoms with Gasteiger partial charge in [0.05, 0.1) is 28.3 Å². The number of para-hydroxylation sites is 1. The summed E-state index contributed by atoms with van der Waals surface area (Å²) in [6.07, 6.45) is 5.70. The summed E-state index contributed by atoms with van der Waals surface area (Å²) in [5.41, 5.74) is 5.83. The molecule has 1 aromatic heterocycles. The number of aryl methyl sites for hydroxylation is 1. The molecular formula is C44H46Cl2N4O6. The Labute approximate surface area is 339 Å². The number of nitro groups is 1. The van der Waals surface area contributed by atoms with Gasteiger partial charge in [0.25, 0.3) is 5.69 Å². The average Bonchev–Trinajstić information content (AvgIpc) is 3.19. The number of aromatic nitrogens is 1. The predicted molar refractivity (Wildman–Crippen MR) is 222 cm³/mol. The number of ether oxygens (including phenoxy) is 3. The van der Waals surface area contributed by atoms with Gasteiger partial charge in [0.1, 0.15) is 18.1 Å². The van der Waals surface area contributed by atoms with Crippen LogP contribution in [0.3, 0.4) is 0 Å². The molecular weight excluding hydrogens is 751 g/mol. The summed E-state index contributed by atoms with van der Waals surface area (Å²) < 4.78 is 17.6. The van der Waals surface area contributed by atoms with E-state index in [0.29, 0.717) is 53.6 Å². The number of benzene rings is 4. The lowest BCUT2D eigenvalue weighted by Gasteiger charge is -2.34. The van der Waals surface area contributed by atoms with Crippen molar-refractivity contribution in [2.45, 2.75) is 46.3 Å². The lowest BCUT2D eigenvalue weighted by atomic mass is 10.0.